The van der Waals surface area contributed by atoms with E-state index in [1.165, 1.54) is 13.2 Å². The molecular weight excluding hydrogens is 653 g/mol. The fourth-order valence-corrected chi connectivity index (χ4v) is 6.67. The lowest BCUT2D eigenvalue weighted by atomic mass is 10.0. The van der Waals surface area contributed by atoms with Gasteiger partial charge in [-0.05, 0) is 56.4 Å². The molecule has 0 unspecified atom stereocenters. The summed E-state index contributed by atoms with van der Waals surface area (Å²) in [5.74, 6) is 0.701. The Morgan fingerprint density at radius 2 is 1.80 bits per heavy atom. The van der Waals surface area contributed by atoms with Crippen LogP contribution in [0.25, 0.3) is 28.3 Å². The van der Waals surface area contributed by atoms with Gasteiger partial charge in [0.25, 0.3) is 0 Å². The van der Waals surface area contributed by atoms with Crippen LogP contribution in [0.15, 0.2) is 48.0 Å². The van der Waals surface area contributed by atoms with Crippen molar-refractivity contribution in [1.29, 1.82) is 0 Å². The van der Waals surface area contributed by atoms with Crippen LogP contribution in [0.1, 0.15) is 77.2 Å². The third kappa shape index (κ3) is 8.78. The number of hydrogen-bond acceptors (Lipinski definition) is 9. The number of nitrogens with one attached hydrogen (secondary N) is 3. The Morgan fingerprint density at radius 1 is 1.08 bits per heavy atom. The summed E-state index contributed by atoms with van der Waals surface area (Å²) in [5.41, 5.74) is 2.52. The van der Waals surface area contributed by atoms with Crippen LogP contribution in [0.4, 0.5) is 9.18 Å². The highest BCUT2D eigenvalue weighted by Gasteiger charge is 2.35. The lowest BCUT2D eigenvalue weighted by Gasteiger charge is -2.30. The topological polar surface area (TPSA) is 158 Å². The normalized spacial score (nSPS) is 18.3. The maximum absolute atomic E-state index is 15.5. The molecule has 0 bridgehead atoms. The predicted molar refractivity (Wildman–Crippen MR) is 193 cm³/mol. The van der Waals surface area contributed by atoms with E-state index in [0.717, 1.165) is 25.7 Å². The third-order valence-electron chi connectivity index (χ3n) is 9.35. The Kier molecular flexibility index (Phi) is 12.2. The number of likely N-dealkylation sites (tertiary alicyclic amines) is 2. The van der Waals surface area contributed by atoms with Crippen molar-refractivity contribution in [2.45, 2.75) is 77.9 Å². The van der Waals surface area contributed by atoms with Crippen LogP contribution in [0, 0.1) is 17.7 Å². The number of imidazole rings is 1. The van der Waals surface area contributed by atoms with Crippen LogP contribution in [-0.2, 0) is 14.3 Å². The van der Waals surface area contributed by atoms with Crippen molar-refractivity contribution in [3.63, 3.8) is 0 Å². The number of carbonyl (C=O) groups is 3. The molecule has 4 heterocycles. The summed E-state index contributed by atoms with van der Waals surface area (Å²) in [6, 6.07) is 3.93. The zero-order valence-corrected chi connectivity index (χ0v) is 30.0. The number of alkyl carbamates (subject to hydrolysis) is 1. The molecular formula is C37H48FN9O4. The van der Waals surface area contributed by atoms with Crippen molar-refractivity contribution < 1.29 is 23.5 Å². The van der Waals surface area contributed by atoms with Gasteiger partial charge in [-0.1, -0.05) is 33.8 Å². The van der Waals surface area contributed by atoms with Crippen LogP contribution >= 0.6 is 0 Å². The molecule has 5 rings (SSSR count). The quantitative estimate of drug-likeness (QED) is 0.202. The molecule has 272 valence electrons. The average Bonchev–Trinajstić information content (AvgIpc) is 3.90. The molecule has 13 nitrogen and oxygen atoms in total. The van der Waals surface area contributed by atoms with E-state index in [0.29, 0.717) is 65.8 Å². The van der Waals surface area contributed by atoms with E-state index in [4.69, 9.17) is 4.74 Å². The Hall–Kier alpha value is -5.14. The molecule has 2 saturated heterocycles. The number of aliphatic imine (C=N–C) groups is 1. The van der Waals surface area contributed by atoms with E-state index < -0.39 is 18.0 Å². The van der Waals surface area contributed by atoms with Gasteiger partial charge in [0, 0.05) is 67.4 Å². The van der Waals surface area contributed by atoms with Crippen LogP contribution in [0.2, 0.25) is 0 Å². The first kappa shape index (κ1) is 37.1. The smallest absolute Gasteiger partial charge is 0.407 e. The number of methoxy groups -OCH3 is 1. The number of rotatable bonds is 13. The monoisotopic (exact) mass is 701 g/mol. The van der Waals surface area contributed by atoms with Crippen LogP contribution < -0.4 is 10.6 Å². The van der Waals surface area contributed by atoms with Gasteiger partial charge in [0.1, 0.15) is 17.7 Å². The summed E-state index contributed by atoms with van der Waals surface area (Å²) in [4.78, 5) is 62.4. The molecule has 1 aromatic carbocycles. The summed E-state index contributed by atoms with van der Waals surface area (Å²) in [7, 11) is 1.27. The second kappa shape index (κ2) is 16.7. The molecule has 0 radical (unpaired) electrons. The number of nitrogens with zero attached hydrogens (tertiary/aromatic N) is 6. The van der Waals surface area contributed by atoms with Gasteiger partial charge in [-0.15, -0.1) is 0 Å². The van der Waals surface area contributed by atoms with Crippen molar-refractivity contribution in [2.24, 2.45) is 16.8 Å². The van der Waals surface area contributed by atoms with Crippen molar-refractivity contribution >= 4 is 30.3 Å². The number of halogens is 1. The van der Waals surface area contributed by atoms with Crippen molar-refractivity contribution in [2.75, 3.05) is 26.7 Å². The van der Waals surface area contributed by atoms with Crippen LogP contribution in [0.3, 0.4) is 0 Å². The second-order valence-electron chi connectivity index (χ2n) is 13.8. The standard InChI is InChI=1S/C37H48FN9O4/c1-22(2)15-32(48)47-14-8-10-31(47)35-43-21-30(44-35)27-12-11-24(16-28(27)38)34-41-17-25(18-42-34)29(39-5)20-40-19-26-9-7-13-46(26)36(49)33(23(3)4)45-37(50)51-6/h11-12,16-18,20-23,26,31,33,40H,5,7-10,13-15,19H2,1-4,6H3,(H,43,44)(H,45,50)/b29-20-/t26-,31-,33-/m0/s1. The maximum Gasteiger partial charge on any atom is 0.407 e. The molecule has 3 N–H and O–H groups in total. The SMILES string of the molecule is C=N/C(=C\NC[C@@H]1CCCN1C(=O)[C@@H](NC(=O)OC)C(C)C)c1cnc(-c2ccc(-c3cnc([C@@H]4CCCN4C(=O)CC(C)C)[nH]3)c(F)c2)nc1. The molecule has 0 saturated carbocycles. The summed E-state index contributed by atoms with van der Waals surface area (Å²) < 4.78 is 20.2. The lowest BCUT2D eigenvalue weighted by molar-refractivity contribution is -0.135. The molecule has 2 aromatic heterocycles. The van der Waals surface area contributed by atoms with Gasteiger partial charge in [0.2, 0.25) is 11.8 Å². The van der Waals surface area contributed by atoms with Crippen LogP contribution in [0.5, 0.6) is 0 Å². The minimum atomic E-state index is -0.682. The number of hydrogen-bond donors (Lipinski definition) is 3. The molecule has 0 spiro atoms. The van der Waals surface area contributed by atoms with Gasteiger partial charge in [-0.25, -0.2) is 24.1 Å². The van der Waals surface area contributed by atoms with Crippen molar-refractivity contribution in [3.8, 4) is 22.6 Å². The maximum atomic E-state index is 15.5. The second-order valence-corrected chi connectivity index (χ2v) is 13.8. The predicted octanol–water partition coefficient (Wildman–Crippen LogP) is 5.34. The van der Waals surface area contributed by atoms with Crippen molar-refractivity contribution in [3.05, 3.63) is 60.2 Å². The Balaban J connectivity index is 1.22. The molecule has 2 aliphatic rings. The number of benzene rings is 1. The van der Waals surface area contributed by atoms with Crippen molar-refractivity contribution in [1.82, 2.24) is 40.4 Å². The Labute approximate surface area is 298 Å². The fourth-order valence-electron chi connectivity index (χ4n) is 6.67. The zero-order chi connectivity index (χ0) is 36.7. The molecule has 0 aliphatic carbocycles. The highest BCUT2D eigenvalue weighted by molar-refractivity contribution is 5.86. The Morgan fingerprint density at radius 3 is 2.47 bits per heavy atom. The van der Waals surface area contributed by atoms with Gasteiger partial charge < -0.3 is 30.2 Å². The summed E-state index contributed by atoms with van der Waals surface area (Å²) in [6.45, 7) is 13.3. The molecule has 3 amide bonds. The van der Waals surface area contributed by atoms with Gasteiger partial charge in [0.05, 0.1) is 30.7 Å². The lowest BCUT2D eigenvalue weighted by Crippen LogP contribution is -2.53. The van der Waals surface area contributed by atoms with Gasteiger partial charge in [-0.2, -0.15) is 0 Å². The minimum Gasteiger partial charge on any atom is -0.453 e. The van der Waals surface area contributed by atoms with E-state index in [-0.39, 0.29) is 35.7 Å². The fraction of sp³-hybridized carbons (Fsp3) is 0.486. The molecule has 2 fully saturated rings. The van der Waals surface area contributed by atoms with E-state index in [2.05, 4.69) is 42.3 Å². The van der Waals surface area contributed by atoms with E-state index in [1.54, 1.807) is 41.8 Å². The average molecular weight is 702 g/mol. The zero-order valence-electron chi connectivity index (χ0n) is 30.0. The number of H-pyrrole nitrogens is 1. The first-order chi connectivity index (χ1) is 24.5. The molecule has 14 heteroatoms. The summed E-state index contributed by atoms with van der Waals surface area (Å²) >= 11 is 0. The van der Waals surface area contributed by atoms with Gasteiger partial charge in [0.15, 0.2) is 5.82 Å². The minimum absolute atomic E-state index is 0.0679. The summed E-state index contributed by atoms with van der Waals surface area (Å²) in [5, 5.41) is 5.92. The number of aromatic amines is 1. The van der Waals surface area contributed by atoms with E-state index in [9.17, 15) is 14.4 Å². The van der Waals surface area contributed by atoms with E-state index >= 15 is 4.39 Å². The van der Waals surface area contributed by atoms with Gasteiger partial charge in [-0.3, -0.25) is 14.6 Å². The number of amides is 3. The summed E-state index contributed by atoms with van der Waals surface area (Å²) in [6.07, 6.45) is 9.77. The number of ether oxygens (including phenoxy) is 1. The van der Waals surface area contributed by atoms with E-state index in [1.807, 2.05) is 32.6 Å². The highest BCUT2D eigenvalue weighted by atomic mass is 19.1. The molecule has 3 aromatic rings. The largest absolute Gasteiger partial charge is 0.453 e. The molecule has 3 atom stereocenters. The third-order valence-corrected chi connectivity index (χ3v) is 9.35. The number of carbonyl (C=O) groups excluding carboxylic acids is 3. The Bertz CT molecular complexity index is 1740. The number of aromatic nitrogens is 4. The first-order valence-corrected chi connectivity index (χ1v) is 17.5. The van der Waals surface area contributed by atoms with Crippen LogP contribution in [-0.4, -0.2) is 93.2 Å². The molecule has 51 heavy (non-hydrogen) atoms. The molecule has 2 aliphatic heterocycles. The van der Waals surface area contributed by atoms with Gasteiger partial charge >= 0.3 is 6.09 Å². The first-order valence-electron chi connectivity index (χ1n) is 17.5. The highest BCUT2D eigenvalue weighted by Crippen LogP contribution is 2.33.